The van der Waals surface area contributed by atoms with Crippen molar-refractivity contribution in [1.82, 2.24) is 5.32 Å². The SMILES string of the molecule is CCC(CC1CC1)NC(=O)Nc1sccc1C(=O)O. The van der Waals surface area contributed by atoms with Crippen LogP contribution in [-0.2, 0) is 0 Å². The van der Waals surface area contributed by atoms with Crippen molar-refractivity contribution in [3.8, 4) is 0 Å². The van der Waals surface area contributed by atoms with Crippen LogP contribution in [-0.4, -0.2) is 23.1 Å². The first-order valence-corrected chi connectivity index (χ1v) is 7.36. The molecule has 0 aliphatic heterocycles. The summed E-state index contributed by atoms with van der Waals surface area (Å²) >= 11 is 1.21. The van der Waals surface area contributed by atoms with Gasteiger partial charge in [0.05, 0.1) is 5.56 Å². The van der Waals surface area contributed by atoms with Crippen LogP contribution in [0, 0.1) is 5.92 Å². The van der Waals surface area contributed by atoms with Gasteiger partial charge in [-0.2, -0.15) is 0 Å². The Labute approximate surface area is 116 Å². The normalized spacial score (nSPS) is 15.8. The van der Waals surface area contributed by atoms with Gasteiger partial charge in [0.15, 0.2) is 0 Å². The maximum atomic E-state index is 11.8. The molecular formula is C13H18N2O3S. The number of thiophene rings is 1. The predicted molar refractivity (Wildman–Crippen MR) is 74.9 cm³/mol. The number of carbonyl (C=O) groups is 2. The van der Waals surface area contributed by atoms with Crippen LogP contribution < -0.4 is 10.6 Å². The van der Waals surface area contributed by atoms with Crippen LogP contribution in [0.15, 0.2) is 11.4 Å². The van der Waals surface area contributed by atoms with Gasteiger partial charge in [0.2, 0.25) is 0 Å². The molecule has 1 saturated carbocycles. The molecule has 6 heteroatoms. The molecular weight excluding hydrogens is 264 g/mol. The standard InChI is InChI=1S/C13H18N2O3S/c1-2-9(7-8-3-4-8)14-13(18)15-11-10(12(16)17)5-6-19-11/h5-6,8-9H,2-4,7H2,1H3,(H,16,17)(H2,14,15,18). The molecule has 0 spiro atoms. The van der Waals surface area contributed by atoms with Crippen LogP contribution in [0.3, 0.4) is 0 Å². The van der Waals surface area contributed by atoms with E-state index in [0.29, 0.717) is 5.00 Å². The van der Waals surface area contributed by atoms with Gasteiger partial charge < -0.3 is 10.4 Å². The van der Waals surface area contributed by atoms with Gasteiger partial charge in [-0.15, -0.1) is 11.3 Å². The molecule has 1 fully saturated rings. The predicted octanol–water partition coefficient (Wildman–Crippen LogP) is 3.15. The maximum absolute atomic E-state index is 11.8. The van der Waals surface area contributed by atoms with Gasteiger partial charge in [-0.05, 0) is 30.2 Å². The lowest BCUT2D eigenvalue weighted by molar-refractivity contribution is 0.0698. The van der Waals surface area contributed by atoms with Gasteiger partial charge in [0.25, 0.3) is 0 Å². The Morgan fingerprint density at radius 3 is 2.84 bits per heavy atom. The lowest BCUT2D eigenvalue weighted by Crippen LogP contribution is -2.38. The van der Waals surface area contributed by atoms with E-state index in [0.717, 1.165) is 18.8 Å². The maximum Gasteiger partial charge on any atom is 0.338 e. The zero-order valence-corrected chi connectivity index (χ0v) is 11.6. The number of hydrogen-bond donors (Lipinski definition) is 3. The molecule has 3 N–H and O–H groups in total. The molecule has 104 valence electrons. The van der Waals surface area contributed by atoms with Crippen LogP contribution in [0.4, 0.5) is 9.80 Å². The van der Waals surface area contributed by atoms with E-state index in [-0.39, 0.29) is 17.6 Å². The number of anilines is 1. The minimum absolute atomic E-state index is 0.135. The molecule has 19 heavy (non-hydrogen) atoms. The highest BCUT2D eigenvalue weighted by Crippen LogP contribution is 2.34. The topological polar surface area (TPSA) is 78.4 Å². The fourth-order valence-corrected chi connectivity index (χ4v) is 2.76. The van der Waals surface area contributed by atoms with Gasteiger partial charge in [0, 0.05) is 6.04 Å². The molecule has 5 nitrogen and oxygen atoms in total. The zero-order valence-electron chi connectivity index (χ0n) is 10.8. The molecule has 1 aliphatic carbocycles. The largest absolute Gasteiger partial charge is 0.478 e. The molecule has 1 unspecified atom stereocenters. The van der Waals surface area contributed by atoms with Crippen molar-refractivity contribution >= 4 is 28.3 Å². The van der Waals surface area contributed by atoms with E-state index in [1.54, 1.807) is 5.38 Å². The Morgan fingerprint density at radius 1 is 1.53 bits per heavy atom. The molecule has 0 aromatic carbocycles. The average Bonchev–Trinajstić information content (AvgIpc) is 3.05. The second kappa shape index (κ2) is 6.06. The number of rotatable bonds is 6. The van der Waals surface area contributed by atoms with Crippen molar-refractivity contribution in [2.75, 3.05) is 5.32 Å². The van der Waals surface area contributed by atoms with Crippen LogP contribution in [0.5, 0.6) is 0 Å². The summed E-state index contributed by atoms with van der Waals surface area (Å²) in [5, 5.41) is 16.5. The monoisotopic (exact) mass is 282 g/mol. The minimum Gasteiger partial charge on any atom is -0.478 e. The van der Waals surface area contributed by atoms with E-state index < -0.39 is 5.97 Å². The van der Waals surface area contributed by atoms with Gasteiger partial charge in [0.1, 0.15) is 5.00 Å². The van der Waals surface area contributed by atoms with Crippen LogP contribution in [0.2, 0.25) is 0 Å². The molecule has 0 saturated heterocycles. The molecule has 1 aromatic heterocycles. The lowest BCUT2D eigenvalue weighted by Gasteiger charge is -2.16. The Hall–Kier alpha value is -1.56. The highest BCUT2D eigenvalue weighted by Gasteiger charge is 2.25. The first-order chi connectivity index (χ1) is 9.10. The summed E-state index contributed by atoms with van der Waals surface area (Å²) < 4.78 is 0. The van der Waals surface area contributed by atoms with Gasteiger partial charge >= 0.3 is 12.0 Å². The van der Waals surface area contributed by atoms with Gasteiger partial charge in [-0.25, -0.2) is 9.59 Å². The summed E-state index contributed by atoms with van der Waals surface area (Å²) in [6.07, 6.45) is 4.42. The number of carboxylic acids is 1. The summed E-state index contributed by atoms with van der Waals surface area (Å²) in [7, 11) is 0. The molecule has 1 atom stereocenters. The Balaban J connectivity index is 1.88. The number of hydrogen-bond acceptors (Lipinski definition) is 3. The number of nitrogens with one attached hydrogen (secondary N) is 2. The van der Waals surface area contributed by atoms with Gasteiger partial charge in [-0.3, -0.25) is 5.32 Å². The van der Waals surface area contributed by atoms with E-state index in [2.05, 4.69) is 10.6 Å². The van der Waals surface area contributed by atoms with Crippen molar-refractivity contribution < 1.29 is 14.7 Å². The molecule has 2 rings (SSSR count). The summed E-state index contributed by atoms with van der Waals surface area (Å²) in [5.74, 6) is -0.275. The summed E-state index contributed by atoms with van der Waals surface area (Å²) in [4.78, 5) is 22.8. The lowest BCUT2D eigenvalue weighted by atomic mass is 10.1. The van der Waals surface area contributed by atoms with Crippen molar-refractivity contribution in [1.29, 1.82) is 0 Å². The number of carbonyl (C=O) groups excluding carboxylic acids is 1. The molecule has 1 heterocycles. The van der Waals surface area contributed by atoms with Crippen molar-refractivity contribution in [3.05, 3.63) is 17.0 Å². The quantitative estimate of drug-likeness (QED) is 0.750. The molecule has 1 aromatic rings. The number of amides is 2. The average molecular weight is 282 g/mol. The van der Waals surface area contributed by atoms with Crippen LogP contribution in [0.25, 0.3) is 0 Å². The fraction of sp³-hybridized carbons (Fsp3) is 0.538. The fourth-order valence-electron chi connectivity index (χ4n) is 1.98. The smallest absolute Gasteiger partial charge is 0.338 e. The highest BCUT2D eigenvalue weighted by atomic mass is 32.1. The Bertz CT molecular complexity index is 468. The first kappa shape index (κ1) is 13.9. The third kappa shape index (κ3) is 3.96. The van der Waals surface area contributed by atoms with Crippen molar-refractivity contribution in [2.45, 2.75) is 38.6 Å². The molecule has 2 amide bonds. The molecule has 0 radical (unpaired) electrons. The van der Waals surface area contributed by atoms with Gasteiger partial charge in [-0.1, -0.05) is 19.8 Å². The second-order valence-electron chi connectivity index (χ2n) is 4.85. The number of aromatic carboxylic acids is 1. The second-order valence-corrected chi connectivity index (χ2v) is 5.77. The van der Waals surface area contributed by atoms with E-state index in [1.165, 1.54) is 30.2 Å². The van der Waals surface area contributed by atoms with E-state index in [1.807, 2.05) is 6.92 Å². The Kier molecular flexibility index (Phi) is 4.42. The third-order valence-corrected chi connectivity index (χ3v) is 4.10. The first-order valence-electron chi connectivity index (χ1n) is 6.48. The van der Waals surface area contributed by atoms with Crippen LogP contribution >= 0.6 is 11.3 Å². The summed E-state index contributed by atoms with van der Waals surface area (Å²) in [6.45, 7) is 2.04. The Morgan fingerprint density at radius 2 is 2.26 bits per heavy atom. The molecule has 1 aliphatic rings. The third-order valence-electron chi connectivity index (χ3n) is 3.27. The molecule has 0 bridgehead atoms. The van der Waals surface area contributed by atoms with E-state index in [4.69, 9.17) is 5.11 Å². The van der Waals surface area contributed by atoms with Crippen molar-refractivity contribution in [3.63, 3.8) is 0 Å². The summed E-state index contributed by atoms with van der Waals surface area (Å²) in [5.41, 5.74) is 0.135. The summed E-state index contributed by atoms with van der Waals surface area (Å²) in [6, 6.07) is 1.34. The minimum atomic E-state index is -1.03. The number of carboxylic acid groups (broad SMARTS) is 1. The zero-order chi connectivity index (χ0) is 13.8. The van der Waals surface area contributed by atoms with E-state index >= 15 is 0 Å². The van der Waals surface area contributed by atoms with Crippen LogP contribution in [0.1, 0.15) is 43.0 Å². The number of urea groups is 1. The van der Waals surface area contributed by atoms with Crippen molar-refractivity contribution in [2.24, 2.45) is 5.92 Å². The van der Waals surface area contributed by atoms with E-state index in [9.17, 15) is 9.59 Å². The highest BCUT2D eigenvalue weighted by molar-refractivity contribution is 7.14.